The number of amides is 4. The van der Waals surface area contributed by atoms with Gasteiger partial charge in [0.1, 0.15) is 0 Å². The van der Waals surface area contributed by atoms with E-state index >= 15 is 0 Å². The van der Waals surface area contributed by atoms with Crippen molar-refractivity contribution in [1.29, 1.82) is 0 Å². The average molecular weight is 683 g/mol. The molecule has 4 amide bonds. The zero-order valence-electron chi connectivity index (χ0n) is 25.7. The van der Waals surface area contributed by atoms with Crippen LogP contribution in [0.5, 0.6) is 0 Å². The molecule has 2 aromatic rings. The van der Waals surface area contributed by atoms with Crippen molar-refractivity contribution in [3.63, 3.8) is 0 Å². The van der Waals surface area contributed by atoms with Crippen LogP contribution in [0.3, 0.4) is 0 Å². The van der Waals surface area contributed by atoms with Gasteiger partial charge in [0.2, 0.25) is 0 Å². The van der Waals surface area contributed by atoms with Crippen molar-refractivity contribution in [2.75, 3.05) is 92.5 Å². The van der Waals surface area contributed by atoms with Crippen molar-refractivity contribution >= 4 is 54.7 Å². The molecule has 3 aliphatic heterocycles. The van der Waals surface area contributed by atoms with Gasteiger partial charge in [-0.25, -0.2) is 26.4 Å². The molecule has 3 fully saturated rings. The average Bonchev–Trinajstić information content (AvgIpc) is 3.03. The molecule has 2 N–H and O–H groups in total. The Labute approximate surface area is 271 Å². The summed E-state index contributed by atoms with van der Waals surface area (Å²) in [6.45, 7) is 9.67. The second-order valence-electron chi connectivity index (χ2n) is 11.4. The minimum absolute atomic E-state index is 0.0333. The minimum atomic E-state index is -2.98. The van der Waals surface area contributed by atoms with Gasteiger partial charge >= 0.3 is 12.1 Å². The number of nitrogens with one attached hydrogen (secondary N) is 2. The molecular formula is C30H43ClN6O6S2. The van der Waals surface area contributed by atoms with Gasteiger partial charge < -0.3 is 25.3 Å². The van der Waals surface area contributed by atoms with Gasteiger partial charge in [0.15, 0.2) is 19.7 Å². The van der Waals surface area contributed by atoms with Crippen molar-refractivity contribution in [2.24, 2.45) is 0 Å². The van der Waals surface area contributed by atoms with Gasteiger partial charge in [-0.15, -0.1) is 11.6 Å². The highest BCUT2D eigenvalue weighted by Crippen LogP contribution is 2.15. The molecular weight excluding hydrogens is 640 g/mol. The molecule has 0 spiro atoms. The van der Waals surface area contributed by atoms with Crippen molar-refractivity contribution in [3.8, 4) is 0 Å². The first-order valence-corrected chi connectivity index (χ1v) is 19.3. The Kier molecular flexibility index (Phi) is 12.5. The van der Waals surface area contributed by atoms with E-state index in [0.29, 0.717) is 11.6 Å². The minimum Gasteiger partial charge on any atom is -0.322 e. The summed E-state index contributed by atoms with van der Waals surface area (Å²) in [6.07, 6.45) is 0. The van der Waals surface area contributed by atoms with E-state index in [9.17, 15) is 26.4 Å². The summed E-state index contributed by atoms with van der Waals surface area (Å²) in [6, 6.07) is 14.6. The molecule has 0 saturated carbocycles. The number of carbonyl (C=O) groups excluding carboxylic acids is 2. The lowest BCUT2D eigenvalue weighted by atomic mass is 10.2. The Morgan fingerprint density at radius 2 is 1.00 bits per heavy atom. The molecule has 248 valence electrons. The van der Waals surface area contributed by atoms with Gasteiger partial charge in [-0.2, -0.15) is 0 Å². The maximum atomic E-state index is 12.2. The lowest BCUT2D eigenvalue weighted by molar-refractivity contribution is 0.132. The molecule has 45 heavy (non-hydrogen) atoms. The Bertz CT molecular complexity index is 1470. The van der Waals surface area contributed by atoms with Gasteiger partial charge in [0, 0.05) is 76.2 Å². The third-order valence-corrected chi connectivity index (χ3v) is 11.7. The Morgan fingerprint density at radius 3 is 1.38 bits per heavy atom. The van der Waals surface area contributed by atoms with Crippen molar-refractivity contribution in [3.05, 3.63) is 59.7 Å². The summed E-state index contributed by atoms with van der Waals surface area (Å²) < 4.78 is 45.4. The van der Waals surface area contributed by atoms with Crippen LogP contribution in [-0.2, 0) is 32.1 Å². The zero-order chi connectivity index (χ0) is 32.5. The fraction of sp³-hybridized carbons (Fsp3) is 0.533. The number of rotatable bonds is 6. The van der Waals surface area contributed by atoms with Crippen LogP contribution in [0, 0.1) is 0 Å². The Morgan fingerprint density at radius 1 is 0.622 bits per heavy atom. The summed E-state index contributed by atoms with van der Waals surface area (Å²) in [5.41, 5.74) is 3.62. The number of nitrogens with zero attached hydrogens (tertiary/aromatic N) is 4. The van der Waals surface area contributed by atoms with Crippen LogP contribution in [0.15, 0.2) is 48.5 Å². The SMILES string of the molecule is CCN1CCN(Cc2ccc(NC(=O)N3CCS(=O)(=O)CC3)cc2)CC1.O=C(Nc1ccc(CCl)cc1)N1CCS(=O)(=O)CC1. The first-order chi connectivity index (χ1) is 21.4. The molecule has 15 heteroatoms. The van der Waals surface area contributed by atoms with E-state index in [-0.39, 0.29) is 61.3 Å². The molecule has 5 rings (SSSR count). The van der Waals surface area contributed by atoms with Gasteiger partial charge in [-0.1, -0.05) is 31.2 Å². The van der Waals surface area contributed by atoms with Gasteiger partial charge in [-0.05, 0) is 41.9 Å². The quantitative estimate of drug-likeness (QED) is 0.444. The monoisotopic (exact) mass is 682 g/mol. The van der Waals surface area contributed by atoms with E-state index in [2.05, 4.69) is 27.4 Å². The molecule has 12 nitrogen and oxygen atoms in total. The van der Waals surface area contributed by atoms with Crippen LogP contribution >= 0.6 is 11.6 Å². The number of hydrogen-bond donors (Lipinski definition) is 2. The maximum absolute atomic E-state index is 12.2. The Hall–Kier alpha value is -2.91. The molecule has 2 aromatic carbocycles. The van der Waals surface area contributed by atoms with E-state index in [1.807, 2.05) is 36.4 Å². The highest BCUT2D eigenvalue weighted by atomic mass is 35.5. The van der Waals surface area contributed by atoms with Gasteiger partial charge in [-0.3, -0.25) is 4.90 Å². The second-order valence-corrected chi connectivity index (χ2v) is 16.3. The Balaban J connectivity index is 0.000000215. The lowest BCUT2D eigenvalue weighted by Gasteiger charge is -2.34. The van der Waals surface area contributed by atoms with Gasteiger partial charge in [0.05, 0.1) is 23.0 Å². The van der Waals surface area contributed by atoms with Crippen LogP contribution in [0.25, 0.3) is 0 Å². The smallest absolute Gasteiger partial charge is 0.321 e. The maximum Gasteiger partial charge on any atom is 0.321 e. The van der Waals surface area contributed by atoms with E-state index in [4.69, 9.17) is 11.6 Å². The number of hydrogen-bond acceptors (Lipinski definition) is 8. The highest BCUT2D eigenvalue weighted by Gasteiger charge is 2.26. The van der Waals surface area contributed by atoms with Crippen molar-refractivity contribution in [1.82, 2.24) is 19.6 Å². The zero-order valence-corrected chi connectivity index (χ0v) is 28.0. The lowest BCUT2D eigenvalue weighted by Crippen LogP contribution is -2.45. The normalized spacial score (nSPS) is 20.0. The molecule has 0 bridgehead atoms. The summed E-state index contributed by atoms with van der Waals surface area (Å²) in [5.74, 6) is 0.588. The molecule has 0 radical (unpaired) electrons. The number of piperazine rings is 1. The van der Waals surface area contributed by atoms with E-state index < -0.39 is 19.7 Å². The van der Waals surface area contributed by atoms with E-state index in [1.54, 1.807) is 17.0 Å². The third-order valence-electron chi connectivity index (χ3n) is 8.15. The summed E-state index contributed by atoms with van der Waals surface area (Å²) in [5, 5.41) is 5.59. The first-order valence-electron chi connectivity index (χ1n) is 15.2. The molecule has 3 heterocycles. The summed E-state index contributed by atoms with van der Waals surface area (Å²) in [7, 11) is -5.94. The number of halogens is 1. The largest absolute Gasteiger partial charge is 0.322 e. The number of benzene rings is 2. The third kappa shape index (κ3) is 11.1. The number of urea groups is 2. The van der Waals surface area contributed by atoms with E-state index in [1.165, 1.54) is 10.5 Å². The standard InChI is InChI=1S/C18H28N4O3S.C12H15ClN2O3S/c1-2-20-7-9-21(10-8-20)15-16-3-5-17(6-4-16)19-18(23)22-11-13-26(24,25)14-12-22;13-9-10-1-3-11(4-2-10)14-12(16)15-5-7-19(17,18)8-6-15/h3-6H,2,7-15H2,1H3,(H,19,23);1-4H,5-9H2,(H,14,16). The number of sulfone groups is 2. The summed E-state index contributed by atoms with van der Waals surface area (Å²) >= 11 is 5.68. The fourth-order valence-electron chi connectivity index (χ4n) is 5.13. The second kappa shape index (κ2) is 16.1. The molecule has 0 atom stereocenters. The van der Waals surface area contributed by atoms with Crippen LogP contribution in [0.2, 0.25) is 0 Å². The van der Waals surface area contributed by atoms with Crippen molar-refractivity contribution in [2.45, 2.75) is 19.3 Å². The number of carbonyl (C=O) groups is 2. The number of anilines is 2. The van der Waals surface area contributed by atoms with Crippen LogP contribution < -0.4 is 10.6 Å². The van der Waals surface area contributed by atoms with Crippen molar-refractivity contribution < 1.29 is 26.4 Å². The molecule has 3 saturated heterocycles. The van der Waals surface area contributed by atoms with Crippen LogP contribution in [0.4, 0.5) is 21.0 Å². The predicted octanol–water partition coefficient (Wildman–Crippen LogP) is 2.77. The molecule has 3 aliphatic rings. The molecule has 0 unspecified atom stereocenters. The number of likely N-dealkylation sites (N-methyl/N-ethyl adjacent to an activating group) is 1. The fourth-order valence-corrected chi connectivity index (χ4v) is 7.71. The molecule has 0 aromatic heterocycles. The van der Waals surface area contributed by atoms with Gasteiger partial charge in [0.25, 0.3) is 0 Å². The number of alkyl halides is 1. The van der Waals surface area contributed by atoms with Crippen LogP contribution in [0.1, 0.15) is 18.1 Å². The predicted molar refractivity (Wildman–Crippen MR) is 178 cm³/mol. The summed E-state index contributed by atoms with van der Waals surface area (Å²) in [4.78, 5) is 32.2. The van der Waals surface area contributed by atoms with Crippen LogP contribution in [-0.4, -0.2) is 130 Å². The highest BCUT2D eigenvalue weighted by molar-refractivity contribution is 7.91. The first kappa shape index (κ1) is 35.0. The van der Waals surface area contributed by atoms with E-state index in [0.717, 1.165) is 50.5 Å². The topological polar surface area (TPSA) is 139 Å². The molecule has 0 aliphatic carbocycles.